The first-order valence-electron chi connectivity index (χ1n) is 7.49. The molecule has 1 N–H and O–H groups in total. The third kappa shape index (κ3) is 2.67. The van der Waals surface area contributed by atoms with Crippen LogP contribution in [0.2, 0.25) is 0 Å². The van der Waals surface area contributed by atoms with Crippen LogP contribution in [0.15, 0.2) is 0 Å². The Balaban J connectivity index is 1.70. The molecule has 0 unspecified atom stereocenters. The molecular formula is C14H26N2O. The molecule has 2 saturated heterocycles. The van der Waals surface area contributed by atoms with E-state index in [1.165, 1.54) is 58.2 Å². The van der Waals surface area contributed by atoms with E-state index in [0.29, 0.717) is 0 Å². The molecule has 3 rings (SSSR count). The van der Waals surface area contributed by atoms with Crippen molar-refractivity contribution in [1.82, 2.24) is 10.2 Å². The van der Waals surface area contributed by atoms with E-state index >= 15 is 0 Å². The van der Waals surface area contributed by atoms with Crippen molar-refractivity contribution >= 4 is 0 Å². The minimum absolute atomic E-state index is 0.820. The summed E-state index contributed by atoms with van der Waals surface area (Å²) < 4.78 is 5.83. The summed E-state index contributed by atoms with van der Waals surface area (Å²) in [7, 11) is 0. The molecule has 2 heterocycles. The monoisotopic (exact) mass is 238 g/mol. The van der Waals surface area contributed by atoms with Crippen molar-refractivity contribution in [3.63, 3.8) is 0 Å². The lowest BCUT2D eigenvalue weighted by atomic mass is 9.83. The second kappa shape index (κ2) is 5.68. The Bertz CT molecular complexity index is 240. The van der Waals surface area contributed by atoms with Gasteiger partial charge < -0.3 is 10.1 Å². The third-order valence-electron chi connectivity index (χ3n) is 4.90. The van der Waals surface area contributed by atoms with Gasteiger partial charge in [0.05, 0.1) is 13.2 Å². The molecule has 3 aliphatic rings. The van der Waals surface area contributed by atoms with Crippen LogP contribution in [0.1, 0.15) is 38.5 Å². The van der Waals surface area contributed by atoms with E-state index in [9.17, 15) is 0 Å². The number of hydrogen-bond donors (Lipinski definition) is 1. The Labute approximate surface area is 105 Å². The van der Waals surface area contributed by atoms with E-state index in [-0.39, 0.29) is 0 Å². The predicted molar refractivity (Wildman–Crippen MR) is 69.2 cm³/mol. The van der Waals surface area contributed by atoms with Crippen LogP contribution in [0.5, 0.6) is 0 Å². The van der Waals surface area contributed by atoms with Crippen LogP contribution in [-0.2, 0) is 4.74 Å². The highest BCUT2D eigenvalue weighted by molar-refractivity contribution is 4.90. The van der Waals surface area contributed by atoms with Crippen molar-refractivity contribution in [1.29, 1.82) is 0 Å². The molecule has 0 radical (unpaired) electrons. The summed E-state index contributed by atoms with van der Waals surface area (Å²) in [5.41, 5.74) is 0. The zero-order valence-electron chi connectivity index (χ0n) is 10.9. The van der Waals surface area contributed by atoms with Crippen LogP contribution in [0.3, 0.4) is 0 Å². The quantitative estimate of drug-likeness (QED) is 0.751. The van der Waals surface area contributed by atoms with Gasteiger partial charge in [0.25, 0.3) is 0 Å². The lowest BCUT2D eigenvalue weighted by molar-refractivity contribution is 0.0621. The maximum absolute atomic E-state index is 5.83. The van der Waals surface area contributed by atoms with Gasteiger partial charge in [0.15, 0.2) is 0 Å². The molecular weight excluding hydrogens is 212 g/mol. The Morgan fingerprint density at radius 2 is 1.82 bits per heavy atom. The second-order valence-electron chi connectivity index (χ2n) is 5.91. The van der Waals surface area contributed by atoms with Gasteiger partial charge >= 0.3 is 0 Å². The van der Waals surface area contributed by atoms with Crippen molar-refractivity contribution < 1.29 is 4.74 Å². The number of fused-ring (bicyclic) bond motifs is 1. The SMILES string of the molecule is C1CC[C@@H]2[C@H](C1)COCCN2C1CCNCC1. The fourth-order valence-corrected chi connectivity index (χ4v) is 3.98. The van der Waals surface area contributed by atoms with E-state index in [0.717, 1.165) is 31.2 Å². The molecule has 98 valence electrons. The van der Waals surface area contributed by atoms with Gasteiger partial charge in [-0.3, -0.25) is 4.90 Å². The first-order valence-corrected chi connectivity index (χ1v) is 7.49. The summed E-state index contributed by atoms with van der Waals surface area (Å²) in [5.74, 6) is 0.820. The van der Waals surface area contributed by atoms with Gasteiger partial charge in [0.2, 0.25) is 0 Å². The second-order valence-corrected chi connectivity index (χ2v) is 5.91. The number of piperidine rings is 1. The van der Waals surface area contributed by atoms with Crippen LogP contribution < -0.4 is 5.32 Å². The van der Waals surface area contributed by atoms with Gasteiger partial charge in [0.1, 0.15) is 0 Å². The standard InChI is InChI=1S/C14H26N2O/c1-2-4-14-12(3-1)11-17-10-9-16(14)13-5-7-15-8-6-13/h12-15H,1-11H2/t12-,14-/m1/s1. The molecule has 0 aromatic rings. The number of nitrogens with one attached hydrogen (secondary N) is 1. The number of nitrogens with zero attached hydrogens (tertiary/aromatic N) is 1. The number of rotatable bonds is 1. The van der Waals surface area contributed by atoms with Gasteiger partial charge in [-0.25, -0.2) is 0 Å². The highest BCUT2D eigenvalue weighted by Gasteiger charge is 2.35. The van der Waals surface area contributed by atoms with E-state index in [2.05, 4.69) is 10.2 Å². The first-order chi connectivity index (χ1) is 8.45. The fourth-order valence-electron chi connectivity index (χ4n) is 3.98. The van der Waals surface area contributed by atoms with Crippen molar-refractivity contribution in [2.45, 2.75) is 50.6 Å². The molecule has 1 aliphatic carbocycles. The molecule has 3 nitrogen and oxygen atoms in total. The van der Waals surface area contributed by atoms with Crippen LogP contribution in [0.4, 0.5) is 0 Å². The largest absolute Gasteiger partial charge is 0.380 e. The molecule has 2 atom stereocenters. The Kier molecular flexibility index (Phi) is 3.99. The summed E-state index contributed by atoms with van der Waals surface area (Å²) in [6.45, 7) is 5.56. The smallest absolute Gasteiger partial charge is 0.0593 e. The van der Waals surface area contributed by atoms with E-state index in [4.69, 9.17) is 4.74 Å². The zero-order chi connectivity index (χ0) is 11.5. The minimum atomic E-state index is 0.820. The average molecular weight is 238 g/mol. The molecule has 0 bridgehead atoms. The molecule has 3 heteroatoms. The zero-order valence-corrected chi connectivity index (χ0v) is 10.9. The van der Waals surface area contributed by atoms with Crippen LogP contribution in [-0.4, -0.2) is 49.8 Å². The van der Waals surface area contributed by atoms with Crippen LogP contribution in [0.25, 0.3) is 0 Å². The van der Waals surface area contributed by atoms with Crippen molar-refractivity contribution in [2.75, 3.05) is 32.8 Å². The molecule has 1 saturated carbocycles. The first kappa shape index (κ1) is 11.9. The van der Waals surface area contributed by atoms with Crippen LogP contribution in [0, 0.1) is 5.92 Å². The van der Waals surface area contributed by atoms with Crippen molar-refractivity contribution in [3.05, 3.63) is 0 Å². The number of hydrogen-bond acceptors (Lipinski definition) is 3. The highest BCUT2D eigenvalue weighted by atomic mass is 16.5. The van der Waals surface area contributed by atoms with Crippen molar-refractivity contribution in [2.24, 2.45) is 5.92 Å². The van der Waals surface area contributed by atoms with E-state index in [1.807, 2.05) is 0 Å². The molecule has 3 fully saturated rings. The molecule has 17 heavy (non-hydrogen) atoms. The van der Waals surface area contributed by atoms with Gasteiger partial charge in [-0.1, -0.05) is 12.8 Å². The Hall–Kier alpha value is -0.120. The highest BCUT2D eigenvalue weighted by Crippen LogP contribution is 2.32. The summed E-state index contributed by atoms with van der Waals surface area (Å²) in [6.07, 6.45) is 8.34. The summed E-state index contributed by atoms with van der Waals surface area (Å²) in [6, 6.07) is 1.65. The average Bonchev–Trinajstić information content (AvgIpc) is 2.62. The summed E-state index contributed by atoms with van der Waals surface area (Å²) in [5, 5.41) is 3.48. The molecule has 2 aliphatic heterocycles. The third-order valence-corrected chi connectivity index (χ3v) is 4.90. The maximum atomic E-state index is 5.83. The van der Waals surface area contributed by atoms with Gasteiger partial charge in [-0.05, 0) is 44.7 Å². The van der Waals surface area contributed by atoms with Gasteiger partial charge in [-0.15, -0.1) is 0 Å². The number of ether oxygens (including phenoxy) is 1. The molecule has 0 spiro atoms. The summed E-state index contributed by atoms with van der Waals surface area (Å²) >= 11 is 0. The van der Waals surface area contributed by atoms with Crippen LogP contribution >= 0.6 is 0 Å². The molecule has 0 aromatic heterocycles. The predicted octanol–water partition coefficient (Wildman–Crippen LogP) is 1.63. The summed E-state index contributed by atoms with van der Waals surface area (Å²) in [4.78, 5) is 2.82. The van der Waals surface area contributed by atoms with Crippen molar-refractivity contribution in [3.8, 4) is 0 Å². The van der Waals surface area contributed by atoms with E-state index in [1.54, 1.807) is 0 Å². The maximum Gasteiger partial charge on any atom is 0.0593 e. The normalized spacial score (nSPS) is 37.4. The van der Waals surface area contributed by atoms with Gasteiger partial charge in [-0.2, -0.15) is 0 Å². The lowest BCUT2D eigenvalue weighted by Gasteiger charge is -2.43. The van der Waals surface area contributed by atoms with Gasteiger partial charge in [0, 0.05) is 18.6 Å². The molecule has 0 amide bonds. The Morgan fingerprint density at radius 1 is 1.00 bits per heavy atom. The molecule has 0 aromatic carbocycles. The fraction of sp³-hybridized carbons (Fsp3) is 1.00. The minimum Gasteiger partial charge on any atom is -0.380 e. The topological polar surface area (TPSA) is 24.5 Å². The van der Waals surface area contributed by atoms with E-state index < -0.39 is 0 Å². The lowest BCUT2D eigenvalue weighted by Crippen LogP contribution is -2.51. The Morgan fingerprint density at radius 3 is 2.71 bits per heavy atom.